The van der Waals surface area contributed by atoms with Gasteiger partial charge in [0.05, 0.1) is 6.61 Å². The summed E-state index contributed by atoms with van der Waals surface area (Å²) in [6, 6.07) is 9.21. The molecule has 110 valence electrons. The van der Waals surface area contributed by atoms with E-state index in [-0.39, 0.29) is 24.6 Å². The van der Waals surface area contributed by atoms with Crippen LogP contribution in [-0.2, 0) is 0 Å². The fourth-order valence-electron chi connectivity index (χ4n) is 2.03. The Hall–Kier alpha value is -1.87. The average Bonchev–Trinajstić information content (AvgIpc) is 2.45. The number of carbonyl (C=O) groups excluding carboxylic acids is 1. The summed E-state index contributed by atoms with van der Waals surface area (Å²) in [5.41, 5.74) is 2.37. The van der Waals surface area contributed by atoms with E-state index in [2.05, 4.69) is 0 Å². The van der Waals surface area contributed by atoms with Gasteiger partial charge < -0.3 is 4.74 Å². The van der Waals surface area contributed by atoms with Gasteiger partial charge in [0.2, 0.25) is 0 Å². The zero-order chi connectivity index (χ0) is 15.4. The van der Waals surface area contributed by atoms with Crippen molar-refractivity contribution in [1.82, 2.24) is 0 Å². The van der Waals surface area contributed by atoms with Crippen molar-refractivity contribution >= 4 is 17.4 Å². The maximum absolute atomic E-state index is 12.8. The Labute approximate surface area is 128 Å². The monoisotopic (exact) mass is 306 g/mol. The van der Waals surface area contributed by atoms with Crippen LogP contribution in [0.5, 0.6) is 5.75 Å². The zero-order valence-corrected chi connectivity index (χ0v) is 12.7. The third-order valence-corrected chi connectivity index (χ3v) is 3.77. The van der Waals surface area contributed by atoms with Gasteiger partial charge in [-0.25, -0.2) is 4.39 Å². The lowest BCUT2D eigenvalue weighted by atomic mass is 10.1. The molecule has 0 saturated carbocycles. The van der Waals surface area contributed by atoms with Gasteiger partial charge in [-0.1, -0.05) is 11.6 Å². The maximum atomic E-state index is 12.8. The van der Waals surface area contributed by atoms with Crippen LogP contribution in [0.3, 0.4) is 0 Å². The fraction of sp³-hybridized carbons (Fsp3) is 0.235. The van der Waals surface area contributed by atoms with Gasteiger partial charge in [-0.3, -0.25) is 4.79 Å². The number of ketones is 1. The summed E-state index contributed by atoms with van der Waals surface area (Å²) in [4.78, 5) is 11.9. The molecule has 0 aromatic heterocycles. The number of ether oxygens (including phenoxy) is 1. The molecule has 0 fully saturated rings. The average molecular weight is 307 g/mol. The van der Waals surface area contributed by atoms with E-state index in [9.17, 15) is 9.18 Å². The molecular weight excluding hydrogens is 291 g/mol. The number of halogens is 2. The molecule has 0 aliphatic heterocycles. The van der Waals surface area contributed by atoms with Crippen molar-refractivity contribution in [3.8, 4) is 5.75 Å². The molecule has 0 amide bonds. The summed E-state index contributed by atoms with van der Waals surface area (Å²) in [7, 11) is 0. The molecule has 0 atom stereocenters. The molecular formula is C17H16ClFO2. The van der Waals surface area contributed by atoms with Crippen LogP contribution in [0.4, 0.5) is 4.39 Å². The SMILES string of the molecule is Cc1cc(OCCC(=O)c2ccc(F)cc2)cc(C)c1Cl. The molecule has 0 saturated heterocycles. The topological polar surface area (TPSA) is 26.3 Å². The smallest absolute Gasteiger partial charge is 0.166 e. The highest BCUT2D eigenvalue weighted by molar-refractivity contribution is 6.32. The second-order valence-corrected chi connectivity index (χ2v) is 5.28. The van der Waals surface area contributed by atoms with Crippen LogP contribution in [0.2, 0.25) is 5.02 Å². The second-order valence-electron chi connectivity index (χ2n) is 4.90. The molecule has 2 rings (SSSR count). The Morgan fingerprint density at radius 3 is 2.29 bits per heavy atom. The quantitative estimate of drug-likeness (QED) is 0.745. The minimum absolute atomic E-state index is 0.0718. The van der Waals surface area contributed by atoms with Crippen LogP contribution in [0, 0.1) is 19.7 Å². The Morgan fingerprint density at radius 1 is 1.14 bits per heavy atom. The molecule has 21 heavy (non-hydrogen) atoms. The van der Waals surface area contributed by atoms with Gasteiger partial charge in [0.1, 0.15) is 11.6 Å². The van der Waals surface area contributed by atoms with Crippen LogP contribution < -0.4 is 4.74 Å². The van der Waals surface area contributed by atoms with Crippen molar-refractivity contribution in [2.24, 2.45) is 0 Å². The minimum atomic E-state index is -0.352. The molecule has 4 heteroatoms. The Kier molecular flexibility index (Phi) is 4.97. The predicted molar refractivity (Wildman–Crippen MR) is 81.8 cm³/mol. The first-order chi connectivity index (χ1) is 9.97. The van der Waals surface area contributed by atoms with Gasteiger partial charge in [-0.2, -0.15) is 0 Å². The van der Waals surface area contributed by atoms with Gasteiger partial charge in [0.15, 0.2) is 5.78 Å². The summed E-state index contributed by atoms with van der Waals surface area (Å²) in [5, 5.41) is 0.727. The van der Waals surface area contributed by atoms with Crippen molar-refractivity contribution in [3.05, 3.63) is 63.9 Å². The highest BCUT2D eigenvalue weighted by Gasteiger charge is 2.07. The Morgan fingerprint density at radius 2 is 1.71 bits per heavy atom. The second kappa shape index (κ2) is 6.72. The third kappa shape index (κ3) is 4.05. The summed E-state index contributed by atoms with van der Waals surface area (Å²) in [6.45, 7) is 4.09. The van der Waals surface area contributed by atoms with E-state index in [1.807, 2.05) is 26.0 Å². The van der Waals surface area contributed by atoms with E-state index in [0.717, 1.165) is 16.1 Å². The lowest BCUT2D eigenvalue weighted by molar-refractivity contribution is 0.0962. The van der Waals surface area contributed by atoms with E-state index < -0.39 is 0 Å². The number of benzene rings is 2. The van der Waals surface area contributed by atoms with Crippen LogP contribution in [0.15, 0.2) is 36.4 Å². The number of hydrogen-bond donors (Lipinski definition) is 0. The van der Waals surface area contributed by atoms with Crippen molar-refractivity contribution < 1.29 is 13.9 Å². The van der Waals surface area contributed by atoms with E-state index in [1.54, 1.807) is 0 Å². The first kappa shape index (κ1) is 15.5. The fourth-order valence-corrected chi connectivity index (χ4v) is 2.14. The highest BCUT2D eigenvalue weighted by atomic mass is 35.5. The molecule has 0 bridgehead atoms. The molecule has 0 radical (unpaired) electrons. The third-order valence-electron chi connectivity index (χ3n) is 3.17. The van der Waals surface area contributed by atoms with Gasteiger partial charge in [0, 0.05) is 17.0 Å². The molecule has 0 heterocycles. The molecule has 0 aliphatic carbocycles. The van der Waals surface area contributed by atoms with Gasteiger partial charge in [0.25, 0.3) is 0 Å². The van der Waals surface area contributed by atoms with Crippen LogP contribution >= 0.6 is 11.6 Å². The van der Waals surface area contributed by atoms with Crippen LogP contribution in [0.1, 0.15) is 27.9 Å². The normalized spacial score (nSPS) is 10.5. The summed E-state index contributed by atoms with van der Waals surface area (Å²) in [5.74, 6) is 0.272. The van der Waals surface area contributed by atoms with E-state index >= 15 is 0 Å². The summed E-state index contributed by atoms with van der Waals surface area (Å²) >= 11 is 6.09. The number of hydrogen-bond acceptors (Lipinski definition) is 2. The molecule has 2 aromatic rings. The molecule has 0 spiro atoms. The molecule has 0 aliphatic rings. The molecule has 0 N–H and O–H groups in total. The van der Waals surface area contributed by atoms with Crippen LogP contribution in [-0.4, -0.2) is 12.4 Å². The highest BCUT2D eigenvalue weighted by Crippen LogP contribution is 2.25. The number of aryl methyl sites for hydroxylation is 2. The van der Waals surface area contributed by atoms with Crippen molar-refractivity contribution in [3.63, 3.8) is 0 Å². The van der Waals surface area contributed by atoms with Crippen molar-refractivity contribution in [1.29, 1.82) is 0 Å². The van der Waals surface area contributed by atoms with E-state index in [1.165, 1.54) is 24.3 Å². The van der Waals surface area contributed by atoms with Crippen LogP contribution in [0.25, 0.3) is 0 Å². The maximum Gasteiger partial charge on any atom is 0.166 e. The largest absolute Gasteiger partial charge is 0.493 e. The minimum Gasteiger partial charge on any atom is -0.493 e. The predicted octanol–water partition coefficient (Wildman–Crippen LogP) is 4.75. The van der Waals surface area contributed by atoms with Gasteiger partial charge in [-0.15, -0.1) is 0 Å². The molecule has 2 nitrogen and oxygen atoms in total. The van der Waals surface area contributed by atoms with Gasteiger partial charge >= 0.3 is 0 Å². The zero-order valence-electron chi connectivity index (χ0n) is 12.0. The van der Waals surface area contributed by atoms with Crippen molar-refractivity contribution in [2.75, 3.05) is 6.61 Å². The van der Waals surface area contributed by atoms with E-state index in [0.29, 0.717) is 11.3 Å². The number of carbonyl (C=O) groups is 1. The van der Waals surface area contributed by atoms with Gasteiger partial charge in [-0.05, 0) is 61.4 Å². The lowest BCUT2D eigenvalue weighted by Crippen LogP contribution is -2.07. The number of Topliss-reactive ketones (excluding diaryl/α,β-unsaturated/α-hetero) is 1. The molecule has 0 unspecified atom stereocenters. The van der Waals surface area contributed by atoms with E-state index in [4.69, 9.17) is 16.3 Å². The lowest BCUT2D eigenvalue weighted by Gasteiger charge is -2.09. The first-order valence-corrected chi connectivity index (χ1v) is 7.03. The van der Waals surface area contributed by atoms with Crippen molar-refractivity contribution in [2.45, 2.75) is 20.3 Å². The summed E-state index contributed by atoms with van der Waals surface area (Å²) < 4.78 is 18.4. The molecule has 2 aromatic carbocycles. The number of rotatable bonds is 5. The Bertz CT molecular complexity index is 627. The standard InChI is InChI=1S/C17H16ClFO2/c1-11-9-15(10-12(2)17(11)18)21-8-7-16(20)13-3-5-14(19)6-4-13/h3-6,9-10H,7-8H2,1-2H3. The Balaban J connectivity index is 1.92. The first-order valence-electron chi connectivity index (χ1n) is 6.65. The summed E-state index contributed by atoms with van der Waals surface area (Å²) in [6.07, 6.45) is 0.242.